The van der Waals surface area contributed by atoms with Crippen LogP contribution >= 0.6 is 27.3 Å². The standard InChI is InChI=1S/C12H12BrNO4S/c13-10-3-1-8(19-10)2-4-11(16)14-6-7(15)5-9(14)12(17)18/h1-4,7,9,15H,5-6H2,(H,17,18)/t7-,9-/m1/s1. The molecule has 1 aliphatic rings. The summed E-state index contributed by atoms with van der Waals surface area (Å²) in [5, 5.41) is 18.5. The molecule has 0 unspecified atom stereocenters. The number of β-amino-alcohol motifs (C(OH)–C–C–N with tert-alkyl or cyclic N) is 1. The van der Waals surface area contributed by atoms with Crippen LogP contribution in [0.15, 0.2) is 22.0 Å². The molecule has 0 aliphatic carbocycles. The Labute approximate surface area is 122 Å². The van der Waals surface area contributed by atoms with Crippen LogP contribution < -0.4 is 0 Å². The maximum absolute atomic E-state index is 11.9. The molecule has 1 aliphatic heterocycles. The normalized spacial score (nSPS) is 23.2. The Bertz CT molecular complexity index is 528. The number of aliphatic carboxylic acids is 1. The van der Waals surface area contributed by atoms with Gasteiger partial charge in [0, 0.05) is 23.9 Å². The highest BCUT2D eigenvalue weighted by Crippen LogP contribution is 2.24. The maximum Gasteiger partial charge on any atom is 0.326 e. The Kier molecular flexibility index (Phi) is 4.38. The summed E-state index contributed by atoms with van der Waals surface area (Å²) in [5.41, 5.74) is 0. The molecule has 0 bridgehead atoms. The highest BCUT2D eigenvalue weighted by molar-refractivity contribution is 9.11. The molecule has 102 valence electrons. The van der Waals surface area contributed by atoms with Crippen molar-refractivity contribution in [3.8, 4) is 0 Å². The summed E-state index contributed by atoms with van der Waals surface area (Å²) in [6.07, 6.45) is 2.29. The highest BCUT2D eigenvalue weighted by atomic mass is 79.9. The first kappa shape index (κ1) is 14.2. The molecule has 1 fully saturated rings. The van der Waals surface area contributed by atoms with Crippen molar-refractivity contribution in [3.63, 3.8) is 0 Å². The summed E-state index contributed by atoms with van der Waals surface area (Å²) in [6, 6.07) is 2.78. The smallest absolute Gasteiger partial charge is 0.326 e. The second kappa shape index (κ2) is 5.85. The zero-order valence-corrected chi connectivity index (χ0v) is 12.2. The van der Waals surface area contributed by atoms with Crippen LogP contribution in [0.1, 0.15) is 11.3 Å². The molecule has 5 nitrogen and oxygen atoms in total. The largest absolute Gasteiger partial charge is 0.480 e. The molecule has 1 aromatic heterocycles. The lowest BCUT2D eigenvalue weighted by molar-refractivity contribution is -0.146. The fourth-order valence-electron chi connectivity index (χ4n) is 1.96. The number of aliphatic hydroxyl groups excluding tert-OH is 1. The third-order valence-corrected chi connectivity index (χ3v) is 4.42. The molecule has 2 N–H and O–H groups in total. The van der Waals surface area contributed by atoms with Gasteiger partial charge in [0.25, 0.3) is 0 Å². The summed E-state index contributed by atoms with van der Waals surface area (Å²) in [6.45, 7) is 0.0638. The second-order valence-electron chi connectivity index (χ2n) is 4.21. The van der Waals surface area contributed by atoms with Crippen molar-refractivity contribution in [2.45, 2.75) is 18.6 Å². The number of carboxylic acids is 1. The first-order valence-electron chi connectivity index (χ1n) is 5.62. The van der Waals surface area contributed by atoms with Gasteiger partial charge in [0.1, 0.15) is 6.04 Å². The van der Waals surface area contributed by atoms with Gasteiger partial charge in [-0.15, -0.1) is 11.3 Å². The van der Waals surface area contributed by atoms with Crippen molar-refractivity contribution in [2.75, 3.05) is 6.54 Å². The van der Waals surface area contributed by atoms with Crippen LogP contribution in [-0.2, 0) is 9.59 Å². The zero-order chi connectivity index (χ0) is 14.0. The summed E-state index contributed by atoms with van der Waals surface area (Å²) >= 11 is 4.79. The number of carboxylic acid groups (broad SMARTS) is 1. The number of halogens is 1. The fraction of sp³-hybridized carbons (Fsp3) is 0.333. The van der Waals surface area contributed by atoms with Gasteiger partial charge in [0.2, 0.25) is 5.91 Å². The predicted molar refractivity (Wildman–Crippen MR) is 74.8 cm³/mol. The third kappa shape index (κ3) is 3.43. The number of hydrogen-bond acceptors (Lipinski definition) is 4. The SMILES string of the molecule is O=C(O)[C@H]1C[C@@H](O)CN1C(=O)C=Cc1ccc(Br)s1. The van der Waals surface area contributed by atoms with E-state index in [9.17, 15) is 14.7 Å². The number of carbonyl (C=O) groups excluding carboxylic acids is 1. The molecule has 0 radical (unpaired) electrons. The summed E-state index contributed by atoms with van der Waals surface area (Å²) in [5.74, 6) is -1.48. The van der Waals surface area contributed by atoms with Crippen molar-refractivity contribution in [1.82, 2.24) is 4.90 Å². The number of amides is 1. The number of aliphatic hydroxyl groups is 1. The van der Waals surface area contributed by atoms with Crippen molar-refractivity contribution in [2.24, 2.45) is 0 Å². The molecule has 2 atom stereocenters. The van der Waals surface area contributed by atoms with Gasteiger partial charge in [0.15, 0.2) is 0 Å². The Hall–Kier alpha value is -1.18. The van der Waals surface area contributed by atoms with Crippen LogP contribution in [0.3, 0.4) is 0 Å². The molecule has 2 rings (SSSR count). The van der Waals surface area contributed by atoms with Crippen LogP contribution in [0.2, 0.25) is 0 Å². The molecule has 7 heteroatoms. The summed E-state index contributed by atoms with van der Waals surface area (Å²) in [4.78, 5) is 25.0. The van der Waals surface area contributed by atoms with Gasteiger partial charge in [-0.2, -0.15) is 0 Å². The fourth-order valence-corrected chi connectivity index (χ4v) is 3.28. The lowest BCUT2D eigenvalue weighted by Crippen LogP contribution is -2.39. The molecule has 0 spiro atoms. The van der Waals surface area contributed by atoms with E-state index in [2.05, 4.69) is 15.9 Å². The second-order valence-corrected chi connectivity index (χ2v) is 6.70. The van der Waals surface area contributed by atoms with Crippen LogP contribution in [0.25, 0.3) is 6.08 Å². The van der Waals surface area contributed by atoms with Crippen LogP contribution in [0, 0.1) is 0 Å². The van der Waals surface area contributed by atoms with Gasteiger partial charge >= 0.3 is 5.97 Å². The first-order valence-corrected chi connectivity index (χ1v) is 7.23. The van der Waals surface area contributed by atoms with Crippen molar-refractivity contribution < 1.29 is 19.8 Å². The molecule has 1 amide bonds. The molecule has 0 aromatic carbocycles. The van der Waals surface area contributed by atoms with E-state index in [1.165, 1.54) is 22.3 Å². The van der Waals surface area contributed by atoms with Gasteiger partial charge in [0.05, 0.1) is 9.89 Å². The Balaban J connectivity index is 2.06. The molecule has 0 saturated carbocycles. The van der Waals surface area contributed by atoms with E-state index in [4.69, 9.17) is 5.11 Å². The van der Waals surface area contributed by atoms with Crippen LogP contribution in [0.5, 0.6) is 0 Å². The number of hydrogen-bond donors (Lipinski definition) is 2. The van der Waals surface area contributed by atoms with E-state index in [0.29, 0.717) is 0 Å². The minimum atomic E-state index is -1.09. The maximum atomic E-state index is 11.9. The van der Waals surface area contributed by atoms with Crippen molar-refractivity contribution >= 4 is 45.2 Å². The van der Waals surface area contributed by atoms with E-state index < -0.39 is 24.0 Å². The zero-order valence-electron chi connectivity index (χ0n) is 9.82. The number of thiophene rings is 1. The highest BCUT2D eigenvalue weighted by Gasteiger charge is 2.37. The van der Waals surface area contributed by atoms with Gasteiger partial charge in [-0.1, -0.05) is 0 Å². The monoisotopic (exact) mass is 345 g/mol. The van der Waals surface area contributed by atoms with E-state index in [1.54, 1.807) is 6.08 Å². The molecular weight excluding hydrogens is 334 g/mol. The van der Waals surface area contributed by atoms with E-state index in [1.807, 2.05) is 12.1 Å². The average molecular weight is 346 g/mol. The van der Waals surface area contributed by atoms with Crippen molar-refractivity contribution in [1.29, 1.82) is 0 Å². The molecule has 19 heavy (non-hydrogen) atoms. The Morgan fingerprint density at radius 2 is 2.21 bits per heavy atom. The van der Waals surface area contributed by atoms with E-state index in [0.717, 1.165) is 8.66 Å². The molecule has 1 aromatic rings. The topological polar surface area (TPSA) is 77.8 Å². The lowest BCUT2D eigenvalue weighted by atomic mass is 10.2. The summed E-state index contributed by atoms with van der Waals surface area (Å²) in [7, 11) is 0. The van der Waals surface area contributed by atoms with E-state index >= 15 is 0 Å². The predicted octanol–water partition coefficient (Wildman–Crippen LogP) is 1.57. The van der Waals surface area contributed by atoms with Gasteiger partial charge in [-0.25, -0.2) is 4.79 Å². The minimum Gasteiger partial charge on any atom is -0.480 e. The van der Waals surface area contributed by atoms with Gasteiger partial charge in [-0.05, 0) is 34.1 Å². The minimum absolute atomic E-state index is 0.0638. The average Bonchev–Trinajstić information content (AvgIpc) is 2.92. The quantitative estimate of drug-likeness (QED) is 0.815. The molecule has 2 heterocycles. The van der Waals surface area contributed by atoms with Gasteiger partial charge in [-0.3, -0.25) is 4.79 Å². The third-order valence-electron chi connectivity index (χ3n) is 2.83. The molecular formula is C12H12BrNO4S. The lowest BCUT2D eigenvalue weighted by Gasteiger charge is -2.19. The van der Waals surface area contributed by atoms with Gasteiger partial charge < -0.3 is 15.1 Å². The number of nitrogens with zero attached hydrogens (tertiary/aromatic N) is 1. The Morgan fingerprint density at radius 3 is 2.79 bits per heavy atom. The van der Waals surface area contributed by atoms with Crippen LogP contribution in [0.4, 0.5) is 0 Å². The first-order chi connectivity index (χ1) is 8.97. The van der Waals surface area contributed by atoms with Crippen molar-refractivity contribution in [3.05, 3.63) is 26.9 Å². The number of rotatable bonds is 3. The Morgan fingerprint density at radius 1 is 1.47 bits per heavy atom. The van der Waals surface area contributed by atoms with E-state index in [-0.39, 0.29) is 13.0 Å². The molecule has 1 saturated heterocycles. The van der Waals surface area contributed by atoms with Crippen LogP contribution in [-0.4, -0.2) is 45.7 Å². The number of carbonyl (C=O) groups is 2. The number of likely N-dealkylation sites (tertiary alicyclic amines) is 1. The summed E-state index contributed by atoms with van der Waals surface area (Å²) < 4.78 is 0.958.